The van der Waals surface area contributed by atoms with Gasteiger partial charge in [-0.15, -0.1) is 0 Å². The molecule has 2 heteroatoms. The van der Waals surface area contributed by atoms with E-state index in [0.717, 1.165) is 12.1 Å². The Morgan fingerprint density at radius 3 is 2.55 bits per heavy atom. The van der Waals surface area contributed by atoms with E-state index in [0.29, 0.717) is 6.61 Å². The van der Waals surface area contributed by atoms with Gasteiger partial charge in [0.25, 0.3) is 0 Å². The summed E-state index contributed by atoms with van der Waals surface area (Å²) in [5.74, 6) is 0. The van der Waals surface area contributed by atoms with E-state index in [4.69, 9.17) is 4.74 Å². The summed E-state index contributed by atoms with van der Waals surface area (Å²) < 4.78 is 6.26. The lowest BCUT2D eigenvalue weighted by Crippen LogP contribution is -2.31. The average molecular weight is 295 g/mol. The SMILES string of the molecule is C=C1N(C)C2=C(CC(C)(OCc3ccccc3)C=C2)C1(C)C. The molecular formula is C20H25NO. The van der Waals surface area contributed by atoms with E-state index in [1.165, 1.54) is 16.8 Å². The molecule has 1 aliphatic heterocycles. The number of nitrogens with zero attached hydrogens (tertiary/aromatic N) is 1. The van der Waals surface area contributed by atoms with Crippen molar-refractivity contribution in [2.24, 2.45) is 5.41 Å². The maximum Gasteiger partial charge on any atom is 0.0880 e. The molecule has 1 unspecified atom stereocenters. The maximum absolute atomic E-state index is 6.26. The Balaban J connectivity index is 1.78. The Labute approximate surface area is 133 Å². The van der Waals surface area contributed by atoms with Crippen molar-refractivity contribution in [2.75, 3.05) is 7.05 Å². The van der Waals surface area contributed by atoms with Crippen molar-refractivity contribution in [2.45, 2.75) is 39.4 Å². The van der Waals surface area contributed by atoms with Crippen molar-refractivity contribution in [3.63, 3.8) is 0 Å². The van der Waals surface area contributed by atoms with E-state index < -0.39 is 0 Å². The normalized spacial score (nSPS) is 26.5. The summed E-state index contributed by atoms with van der Waals surface area (Å²) in [6.45, 7) is 11.6. The minimum atomic E-state index is -0.253. The number of hydrogen-bond donors (Lipinski definition) is 0. The van der Waals surface area contributed by atoms with Crippen LogP contribution in [0.5, 0.6) is 0 Å². The van der Waals surface area contributed by atoms with Gasteiger partial charge in [0.15, 0.2) is 0 Å². The van der Waals surface area contributed by atoms with Crippen LogP contribution in [0.1, 0.15) is 32.8 Å². The molecule has 0 N–H and O–H groups in total. The summed E-state index contributed by atoms with van der Waals surface area (Å²) in [5.41, 5.74) is 4.84. The largest absolute Gasteiger partial charge is 0.366 e. The van der Waals surface area contributed by atoms with E-state index >= 15 is 0 Å². The Hall–Kier alpha value is -1.80. The predicted octanol–water partition coefficient (Wildman–Crippen LogP) is 4.66. The molecule has 3 rings (SSSR count). The molecule has 1 aromatic rings. The molecule has 0 aromatic heterocycles. The van der Waals surface area contributed by atoms with Gasteiger partial charge in [0, 0.05) is 30.3 Å². The van der Waals surface area contributed by atoms with Crippen molar-refractivity contribution in [1.29, 1.82) is 0 Å². The van der Waals surface area contributed by atoms with Crippen LogP contribution < -0.4 is 0 Å². The first kappa shape index (κ1) is 15.1. The smallest absolute Gasteiger partial charge is 0.0880 e. The van der Waals surface area contributed by atoms with Crippen LogP contribution in [0.2, 0.25) is 0 Å². The van der Waals surface area contributed by atoms with Crippen LogP contribution in [-0.4, -0.2) is 17.5 Å². The Kier molecular flexibility index (Phi) is 3.53. The van der Waals surface area contributed by atoms with Crippen LogP contribution in [0, 0.1) is 5.41 Å². The first-order chi connectivity index (χ1) is 10.3. The second kappa shape index (κ2) is 5.13. The van der Waals surface area contributed by atoms with Gasteiger partial charge in [0.2, 0.25) is 0 Å². The van der Waals surface area contributed by atoms with Gasteiger partial charge in [-0.1, -0.05) is 56.8 Å². The van der Waals surface area contributed by atoms with Crippen LogP contribution >= 0.6 is 0 Å². The molecule has 2 aliphatic rings. The fourth-order valence-electron chi connectivity index (χ4n) is 3.37. The lowest BCUT2D eigenvalue weighted by molar-refractivity contribution is -0.00944. The summed E-state index contributed by atoms with van der Waals surface area (Å²) in [6.07, 6.45) is 5.31. The van der Waals surface area contributed by atoms with E-state index in [-0.39, 0.29) is 11.0 Å². The average Bonchev–Trinajstić information content (AvgIpc) is 2.67. The lowest BCUT2D eigenvalue weighted by Gasteiger charge is -2.34. The van der Waals surface area contributed by atoms with E-state index in [1.54, 1.807) is 0 Å². The monoisotopic (exact) mass is 295 g/mol. The molecule has 1 atom stereocenters. The summed E-state index contributed by atoms with van der Waals surface area (Å²) in [4.78, 5) is 2.21. The van der Waals surface area contributed by atoms with Crippen molar-refractivity contribution in [3.8, 4) is 0 Å². The van der Waals surface area contributed by atoms with Gasteiger partial charge in [-0.25, -0.2) is 0 Å². The molecule has 1 heterocycles. The van der Waals surface area contributed by atoms with Crippen molar-refractivity contribution in [3.05, 3.63) is 71.6 Å². The lowest BCUT2D eigenvalue weighted by atomic mass is 9.76. The molecule has 0 saturated carbocycles. The summed E-state index contributed by atoms with van der Waals surface area (Å²) >= 11 is 0. The van der Waals surface area contributed by atoms with Crippen LogP contribution in [-0.2, 0) is 11.3 Å². The summed E-state index contributed by atoms with van der Waals surface area (Å²) in [6, 6.07) is 10.4. The quantitative estimate of drug-likeness (QED) is 0.804. The van der Waals surface area contributed by atoms with Gasteiger partial charge >= 0.3 is 0 Å². The number of benzene rings is 1. The van der Waals surface area contributed by atoms with Gasteiger partial charge in [-0.3, -0.25) is 0 Å². The van der Waals surface area contributed by atoms with Crippen LogP contribution in [0.3, 0.4) is 0 Å². The molecule has 0 amide bonds. The topological polar surface area (TPSA) is 12.5 Å². The second-order valence-electron chi connectivity index (χ2n) is 7.09. The molecule has 0 saturated heterocycles. The van der Waals surface area contributed by atoms with Gasteiger partial charge < -0.3 is 9.64 Å². The van der Waals surface area contributed by atoms with Crippen LogP contribution in [0.4, 0.5) is 0 Å². The minimum Gasteiger partial charge on any atom is -0.366 e. The highest BCUT2D eigenvalue weighted by Crippen LogP contribution is 2.51. The molecule has 1 aliphatic carbocycles. The van der Waals surface area contributed by atoms with E-state index in [9.17, 15) is 0 Å². The predicted molar refractivity (Wildman–Crippen MR) is 91.1 cm³/mol. The van der Waals surface area contributed by atoms with Crippen LogP contribution in [0.15, 0.2) is 66.0 Å². The number of allylic oxidation sites excluding steroid dienone is 2. The molecular weight excluding hydrogens is 270 g/mol. The first-order valence-corrected chi connectivity index (χ1v) is 7.87. The third-order valence-corrected chi connectivity index (χ3v) is 5.08. The highest BCUT2D eigenvalue weighted by atomic mass is 16.5. The Bertz CT molecular complexity index is 654. The van der Waals surface area contributed by atoms with E-state index in [2.05, 4.69) is 75.7 Å². The molecule has 0 radical (unpaired) electrons. The fourth-order valence-corrected chi connectivity index (χ4v) is 3.37. The first-order valence-electron chi connectivity index (χ1n) is 7.87. The highest BCUT2D eigenvalue weighted by molar-refractivity contribution is 5.47. The fraction of sp³-hybridized carbons (Fsp3) is 0.400. The van der Waals surface area contributed by atoms with E-state index in [1.807, 2.05) is 6.07 Å². The summed E-state index contributed by atoms with van der Waals surface area (Å²) in [5, 5.41) is 0. The molecule has 0 bridgehead atoms. The molecule has 0 spiro atoms. The van der Waals surface area contributed by atoms with Gasteiger partial charge in [-0.2, -0.15) is 0 Å². The second-order valence-corrected chi connectivity index (χ2v) is 7.09. The third kappa shape index (κ3) is 2.42. The molecule has 1 aromatic carbocycles. The maximum atomic E-state index is 6.26. The zero-order valence-corrected chi connectivity index (χ0v) is 14.0. The molecule has 2 nitrogen and oxygen atoms in total. The zero-order chi connectivity index (χ0) is 16.0. The number of ether oxygens (including phenoxy) is 1. The number of hydrogen-bond acceptors (Lipinski definition) is 2. The number of likely N-dealkylation sites (N-methyl/N-ethyl adjacent to an activating group) is 1. The van der Waals surface area contributed by atoms with Gasteiger partial charge in [0.1, 0.15) is 0 Å². The van der Waals surface area contributed by atoms with Gasteiger partial charge in [-0.05, 0) is 24.1 Å². The zero-order valence-electron chi connectivity index (χ0n) is 14.0. The standard InChI is InChI=1S/C20H25NO/c1-15-19(2,3)17-13-20(4,12-11-18(17)21(15)5)22-14-16-9-7-6-8-10-16/h6-12H,1,13-14H2,2-5H3. The van der Waals surface area contributed by atoms with Crippen molar-refractivity contribution < 1.29 is 4.74 Å². The van der Waals surface area contributed by atoms with Crippen molar-refractivity contribution in [1.82, 2.24) is 4.90 Å². The number of rotatable bonds is 3. The summed E-state index contributed by atoms with van der Waals surface area (Å²) in [7, 11) is 2.10. The molecule has 22 heavy (non-hydrogen) atoms. The highest BCUT2D eigenvalue weighted by Gasteiger charge is 2.43. The van der Waals surface area contributed by atoms with Crippen molar-refractivity contribution >= 4 is 0 Å². The molecule has 116 valence electrons. The molecule has 0 fully saturated rings. The Morgan fingerprint density at radius 2 is 1.86 bits per heavy atom. The minimum absolute atomic E-state index is 0.00616. The Morgan fingerprint density at radius 1 is 1.18 bits per heavy atom. The van der Waals surface area contributed by atoms with Gasteiger partial charge in [0.05, 0.1) is 12.2 Å². The van der Waals surface area contributed by atoms with Crippen LogP contribution in [0.25, 0.3) is 0 Å². The third-order valence-electron chi connectivity index (χ3n) is 5.08.